The molecular formula is C22H45O6P. The third-order valence-corrected chi connectivity index (χ3v) is 5.18. The van der Waals surface area contributed by atoms with Crippen molar-refractivity contribution in [2.45, 2.75) is 96.8 Å². The molecule has 0 aliphatic heterocycles. The van der Waals surface area contributed by atoms with Crippen LogP contribution in [0.4, 0.5) is 0 Å². The first-order valence-electron chi connectivity index (χ1n) is 11.6. The van der Waals surface area contributed by atoms with Crippen LogP contribution < -0.4 is 0 Å². The summed E-state index contributed by atoms with van der Waals surface area (Å²) in [6.45, 7) is 3.96. The van der Waals surface area contributed by atoms with E-state index in [1.165, 1.54) is 83.5 Å². The Hall–Kier alpha value is -0.230. The summed E-state index contributed by atoms with van der Waals surface area (Å²) >= 11 is 0. The molecule has 29 heavy (non-hydrogen) atoms. The second-order valence-corrected chi connectivity index (χ2v) is 8.73. The fraction of sp³-hybridized carbons (Fsp3) is 0.909. The molecule has 6 nitrogen and oxygen atoms in total. The molecule has 174 valence electrons. The third kappa shape index (κ3) is 27.8. The molecule has 2 N–H and O–H groups in total. The number of phosphoric ester groups is 1. The van der Waals surface area contributed by atoms with E-state index in [1.54, 1.807) is 0 Å². The van der Waals surface area contributed by atoms with E-state index in [-0.39, 0.29) is 13.2 Å². The lowest BCUT2D eigenvalue weighted by molar-refractivity contribution is 0.0312. The molecule has 0 radical (unpaired) electrons. The maximum Gasteiger partial charge on any atom is 0.469 e. The summed E-state index contributed by atoms with van der Waals surface area (Å²) in [5.41, 5.74) is 0. The average Bonchev–Trinajstić information content (AvgIpc) is 2.67. The van der Waals surface area contributed by atoms with Gasteiger partial charge in [-0.2, -0.15) is 0 Å². The smallest absolute Gasteiger partial charge is 0.379 e. The molecular weight excluding hydrogens is 391 g/mol. The average molecular weight is 437 g/mol. The van der Waals surface area contributed by atoms with E-state index >= 15 is 0 Å². The predicted octanol–water partition coefficient (Wildman–Crippen LogP) is 6.17. The van der Waals surface area contributed by atoms with Crippen LogP contribution >= 0.6 is 7.82 Å². The third-order valence-electron chi connectivity index (χ3n) is 4.66. The van der Waals surface area contributed by atoms with Crippen LogP contribution in [0.15, 0.2) is 12.2 Å². The van der Waals surface area contributed by atoms with Crippen LogP contribution in [0.3, 0.4) is 0 Å². The van der Waals surface area contributed by atoms with Crippen LogP contribution in [-0.4, -0.2) is 42.8 Å². The van der Waals surface area contributed by atoms with Gasteiger partial charge in [-0.3, -0.25) is 4.52 Å². The number of hydrogen-bond donors (Lipinski definition) is 2. The van der Waals surface area contributed by atoms with Crippen molar-refractivity contribution in [2.75, 3.05) is 33.0 Å². The Morgan fingerprint density at radius 3 is 1.62 bits per heavy atom. The molecule has 0 aliphatic carbocycles. The summed E-state index contributed by atoms with van der Waals surface area (Å²) in [6.07, 6.45) is 22.9. The summed E-state index contributed by atoms with van der Waals surface area (Å²) in [6, 6.07) is 0. The number of rotatable bonds is 23. The molecule has 0 fully saturated rings. The normalized spacial score (nSPS) is 12.2. The Labute approximate surface area is 178 Å². The minimum Gasteiger partial charge on any atom is -0.379 e. The molecule has 0 bridgehead atoms. The van der Waals surface area contributed by atoms with Gasteiger partial charge in [0.15, 0.2) is 0 Å². The molecule has 7 heteroatoms. The standard InChI is InChI=1S/C22H45O6P/c1-2-3-4-5-6-7-8-9-10-11-12-13-14-15-16-17-18-26-19-20-27-21-22-28-29(23,24)25/h9-10H,2-8,11-22H2,1H3,(H2,23,24,25)/b10-9-. The Balaban J connectivity index is 3.10. The van der Waals surface area contributed by atoms with Gasteiger partial charge in [-0.15, -0.1) is 0 Å². The van der Waals surface area contributed by atoms with Gasteiger partial charge >= 0.3 is 7.82 Å². The second-order valence-electron chi connectivity index (χ2n) is 7.49. The van der Waals surface area contributed by atoms with E-state index in [0.29, 0.717) is 13.2 Å². The zero-order valence-corrected chi connectivity index (χ0v) is 19.5. The van der Waals surface area contributed by atoms with Crippen LogP contribution in [0.2, 0.25) is 0 Å². The van der Waals surface area contributed by atoms with Gasteiger partial charge in [0.05, 0.1) is 26.4 Å². The molecule has 0 unspecified atom stereocenters. The van der Waals surface area contributed by atoms with E-state index in [1.807, 2.05) is 0 Å². The van der Waals surface area contributed by atoms with Crippen LogP contribution in [0.25, 0.3) is 0 Å². The number of phosphoric acid groups is 1. The van der Waals surface area contributed by atoms with Gasteiger partial charge in [-0.25, -0.2) is 4.57 Å². The van der Waals surface area contributed by atoms with Crippen LogP contribution in [-0.2, 0) is 18.6 Å². The fourth-order valence-electron chi connectivity index (χ4n) is 2.99. The van der Waals surface area contributed by atoms with E-state index in [4.69, 9.17) is 19.3 Å². The van der Waals surface area contributed by atoms with E-state index < -0.39 is 7.82 Å². The highest BCUT2D eigenvalue weighted by Gasteiger charge is 2.12. The quantitative estimate of drug-likeness (QED) is 0.113. The zero-order valence-electron chi connectivity index (χ0n) is 18.6. The highest BCUT2D eigenvalue weighted by atomic mass is 31.2. The predicted molar refractivity (Wildman–Crippen MR) is 119 cm³/mol. The molecule has 0 rings (SSSR count). The number of ether oxygens (including phenoxy) is 2. The second kappa shape index (κ2) is 22.5. The van der Waals surface area contributed by atoms with Crippen molar-refractivity contribution in [1.82, 2.24) is 0 Å². The molecule has 0 heterocycles. The maximum absolute atomic E-state index is 10.4. The van der Waals surface area contributed by atoms with Crippen molar-refractivity contribution in [2.24, 2.45) is 0 Å². The monoisotopic (exact) mass is 436 g/mol. The highest BCUT2D eigenvalue weighted by Crippen LogP contribution is 2.35. The van der Waals surface area contributed by atoms with Gasteiger partial charge in [-0.1, -0.05) is 76.9 Å². The first-order valence-corrected chi connectivity index (χ1v) is 13.1. The zero-order chi connectivity index (χ0) is 21.5. The van der Waals surface area contributed by atoms with E-state index in [2.05, 4.69) is 23.6 Å². The van der Waals surface area contributed by atoms with Gasteiger partial charge in [0.1, 0.15) is 0 Å². The van der Waals surface area contributed by atoms with Gasteiger partial charge in [0.2, 0.25) is 0 Å². The first-order chi connectivity index (χ1) is 14.1. The van der Waals surface area contributed by atoms with Gasteiger partial charge in [-0.05, 0) is 32.1 Å². The van der Waals surface area contributed by atoms with Gasteiger partial charge in [0.25, 0.3) is 0 Å². The van der Waals surface area contributed by atoms with Crippen molar-refractivity contribution >= 4 is 7.82 Å². The summed E-state index contributed by atoms with van der Waals surface area (Å²) in [7, 11) is -4.38. The SMILES string of the molecule is CCCCCCCC/C=C\CCCCCCCCOCCOCCOP(=O)(O)O. The molecule has 0 aromatic heterocycles. The fourth-order valence-corrected chi connectivity index (χ4v) is 3.30. The molecule has 0 spiro atoms. The largest absolute Gasteiger partial charge is 0.469 e. The number of allylic oxidation sites excluding steroid dienone is 2. The van der Waals surface area contributed by atoms with Crippen molar-refractivity contribution in [3.63, 3.8) is 0 Å². The topological polar surface area (TPSA) is 85.2 Å². The summed E-state index contributed by atoms with van der Waals surface area (Å²) in [5, 5.41) is 0. The molecule has 0 aromatic rings. The van der Waals surface area contributed by atoms with Crippen LogP contribution in [0.1, 0.15) is 96.8 Å². The Bertz CT molecular complexity index is 397. The van der Waals surface area contributed by atoms with Crippen LogP contribution in [0.5, 0.6) is 0 Å². The first kappa shape index (κ1) is 28.8. The molecule has 0 atom stereocenters. The van der Waals surface area contributed by atoms with Crippen molar-refractivity contribution in [1.29, 1.82) is 0 Å². The minimum atomic E-state index is -4.38. The maximum atomic E-state index is 10.4. The number of hydrogen-bond acceptors (Lipinski definition) is 4. The van der Waals surface area contributed by atoms with Gasteiger partial charge < -0.3 is 19.3 Å². The summed E-state index contributed by atoms with van der Waals surface area (Å²) in [5.74, 6) is 0. The van der Waals surface area contributed by atoms with Crippen molar-refractivity contribution in [3.8, 4) is 0 Å². The summed E-state index contributed by atoms with van der Waals surface area (Å²) < 4.78 is 25.3. The Morgan fingerprint density at radius 1 is 0.621 bits per heavy atom. The molecule has 0 amide bonds. The van der Waals surface area contributed by atoms with E-state index in [9.17, 15) is 4.57 Å². The molecule has 0 saturated heterocycles. The molecule has 0 saturated carbocycles. The van der Waals surface area contributed by atoms with Crippen molar-refractivity contribution in [3.05, 3.63) is 12.2 Å². The van der Waals surface area contributed by atoms with Crippen molar-refractivity contribution < 1.29 is 28.3 Å². The molecule has 0 aromatic carbocycles. The number of unbranched alkanes of at least 4 members (excludes halogenated alkanes) is 12. The van der Waals surface area contributed by atoms with E-state index in [0.717, 1.165) is 13.0 Å². The minimum absolute atomic E-state index is 0.112. The van der Waals surface area contributed by atoms with Gasteiger partial charge in [0, 0.05) is 6.61 Å². The Kier molecular flexibility index (Phi) is 22.3. The Morgan fingerprint density at radius 2 is 1.07 bits per heavy atom. The highest BCUT2D eigenvalue weighted by molar-refractivity contribution is 7.46. The lowest BCUT2D eigenvalue weighted by atomic mass is 10.1. The molecule has 0 aliphatic rings. The lowest BCUT2D eigenvalue weighted by Gasteiger charge is -2.07. The lowest BCUT2D eigenvalue weighted by Crippen LogP contribution is -2.09. The summed E-state index contributed by atoms with van der Waals surface area (Å²) in [4.78, 5) is 17.0. The van der Waals surface area contributed by atoms with Crippen LogP contribution in [0, 0.1) is 0 Å².